The quantitative estimate of drug-likeness (QED) is 0.553. The lowest BCUT2D eigenvalue weighted by Gasteiger charge is -2.35. The average Bonchev–Trinajstić information content (AvgIpc) is 3.29. The molecule has 1 aromatic rings. The topological polar surface area (TPSA) is 56.7 Å². The summed E-state index contributed by atoms with van der Waals surface area (Å²) in [5.74, 6) is 0.793. The number of aliphatic imine (C=N–C) groups is 1. The Hall–Kier alpha value is -1.26. The monoisotopic (exact) mass is 335 g/mol. The normalized spacial score (nSPS) is 21.4. The van der Waals surface area contributed by atoms with Crippen LogP contribution in [0.15, 0.2) is 29.3 Å². The summed E-state index contributed by atoms with van der Waals surface area (Å²) in [6.07, 6.45) is 5.17. The van der Waals surface area contributed by atoms with Gasteiger partial charge in [0.15, 0.2) is 5.96 Å². The van der Waals surface area contributed by atoms with E-state index in [0.29, 0.717) is 6.54 Å². The number of nitrogens with zero attached hydrogens (tertiary/aromatic N) is 1. The highest BCUT2D eigenvalue weighted by molar-refractivity contribution is 6.30. The van der Waals surface area contributed by atoms with E-state index in [-0.39, 0.29) is 5.41 Å². The third-order valence-corrected chi connectivity index (χ3v) is 5.28. The number of aliphatic hydroxyl groups is 1. The van der Waals surface area contributed by atoms with Crippen LogP contribution in [-0.2, 0) is 5.41 Å². The highest BCUT2D eigenvalue weighted by Crippen LogP contribution is 2.48. The number of rotatable bonds is 6. The van der Waals surface area contributed by atoms with Gasteiger partial charge in [-0.25, -0.2) is 0 Å². The molecule has 1 aromatic carbocycles. The van der Waals surface area contributed by atoms with Gasteiger partial charge in [0.05, 0.1) is 12.1 Å². The number of hydrogen-bond donors (Lipinski definition) is 3. The molecule has 23 heavy (non-hydrogen) atoms. The molecule has 126 valence electrons. The molecule has 4 nitrogen and oxygen atoms in total. The predicted molar refractivity (Wildman–Crippen MR) is 95.1 cm³/mol. The van der Waals surface area contributed by atoms with Crippen LogP contribution in [0.3, 0.4) is 0 Å². The first-order valence-electron chi connectivity index (χ1n) is 8.56. The van der Waals surface area contributed by atoms with Gasteiger partial charge in [0.25, 0.3) is 0 Å². The van der Waals surface area contributed by atoms with E-state index in [4.69, 9.17) is 11.6 Å². The summed E-state index contributed by atoms with van der Waals surface area (Å²) < 4.78 is 0. The molecule has 2 aliphatic carbocycles. The third kappa shape index (κ3) is 3.99. The van der Waals surface area contributed by atoms with Crippen LogP contribution in [0.2, 0.25) is 5.02 Å². The molecule has 0 unspecified atom stereocenters. The highest BCUT2D eigenvalue weighted by Gasteiger charge is 2.44. The third-order valence-electron chi connectivity index (χ3n) is 5.04. The Morgan fingerprint density at radius 2 is 2.04 bits per heavy atom. The molecular formula is C18H26ClN3O. The second-order valence-electron chi connectivity index (χ2n) is 6.92. The molecule has 2 aliphatic rings. The standard InChI is InChI=1S/C18H26ClN3O/c1-2-20-16(22-13-18(23)7-4-8-18)21-12-17(9-10-17)14-5-3-6-15(19)11-14/h3,5-6,11,23H,2,4,7-10,12-13H2,1H3,(H2,20,21,22). The fourth-order valence-corrected chi connectivity index (χ4v) is 3.29. The number of guanidine groups is 1. The van der Waals surface area contributed by atoms with Crippen molar-refractivity contribution in [2.45, 2.75) is 50.0 Å². The zero-order valence-electron chi connectivity index (χ0n) is 13.7. The van der Waals surface area contributed by atoms with Crippen molar-refractivity contribution in [2.75, 3.05) is 19.6 Å². The Labute approximate surface area is 143 Å². The summed E-state index contributed by atoms with van der Waals surface area (Å²) >= 11 is 6.13. The molecule has 3 N–H and O–H groups in total. The largest absolute Gasteiger partial charge is 0.388 e. The Bertz CT molecular complexity index is 579. The molecule has 0 amide bonds. The van der Waals surface area contributed by atoms with E-state index >= 15 is 0 Å². The Morgan fingerprint density at radius 3 is 2.61 bits per heavy atom. The van der Waals surface area contributed by atoms with Crippen molar-refractivity contribution in [2.24, 2.45) is 4.99 Å². The van der Waals surface area contributed by atoms with Crippen molar-refractivity contribution >= 4 is 17.6 Å². The fourth-order valence-electron chi connectivity index (χ4n) is 3.10. The van der Waals surface area contributed by atoms with Crippen LogP contribution in [0.25, 0.3) is 0 Å². The van der Waals surface area contributed by atoms with E-state index < -0.39 is 5.60 Å². The van der Waals surface area contributed by atoms with Crippen LogP contribution in [-0.4, -0.2) is 36.3 Å². The number of halogens is 1. The molecule has 0 aliphatic heterocycles. The van der Waals surface area contributed by atoms with Crippen LogP contribution >= 0.6 is 11.6 Å². The first kappa shape index (κ1) is 16.6. The van der Waals surface area contributed by atoms with Gasteiger partial charge >= 0.3 is 0 Å². The van der Waals surface area contributed by atoms with E-state index in [1.54, 1.807) is 0 Å². The molecule has 0 aromatic heterocycles. The molecule has 0 radical (unpaired) electrons. The van der Waals surface area contributed by atoms with Crippen LogP contribution in [0.4, 0.5) is 0 Å². The summed E-state index contributed by atoms with van der Waals surface area (Å²) in [7, 11) is 0. The molecule has 3 rings (SSSR count). The molecule has 0 heterocycles. The van der Waals surface area contributed by atoms with Crippen molar-refractivity contribution in [1.29, 1.82) is 0 Å². The zero-order chi connectivity index (χ0) is 16.3. The van der Waals surface area contributed by atoms with Gasteiger partial charge in [-0.2, -0.15) is 0 Å². The van der Waals surface area contributed by atoms with Gasteiger partial charge in [0.1, 0.15) is 0 Å². The van der Waals surface area contributed by atoms with Gasteiger partial charge in [-0.15, -0.1) is 0 Å². The zero-order valence-corrected chi connectivity index (χ0v) is 14.5. The van der Waals surface area contributed by atoms with Gasteiger partial charge in [0.2, 0.25) is 0 Å². The van der Waals surface area contributed by atoms with Gasteiger partial charge in [-0.05, 0) is 56.7 Å². The lowest BCUT2D eigenvalue weighted by Crippen LogP contribution is -2.44. The second-order valence-corrected chi connectivity index (χ2v) is 7.35. The predicted octanol–water partition coefficient (Wildman–Crippen LogP) is 2.84. The molecule has 5 heteroatoms. The van der Waals surface area contributed by atoms with Gasteiger partial charge < -0.3 is 15.7 Å². The first-order chi connectivity index (χ1) is 11.1. The van der Waals surface area contributed by atoms with E-state index in [9.17, 15) is 5.11 Å². The summed E-state index contributed by atoms with van der Waals surface area (Å²) in [5.41, 5.74) is 0.895. The average molecular weight is 336 g/mol. The Morgan fingerprint density at radius 1 is 1.26 bits per heavy atom. The maximum Gasteiger partial charge on any atom is 0.191 e. The van der Waals surface area contributed by atoms with Crippen LogP contribution in [0, 0.1) is 0 Å². The molecular weight excluding hydrogens is 310 g/mol. The first-order valence-corrected chi connectivity index (χ1v) is 8.94. The second kappa shape index (κ2) is 6.70. The summed E-state index contributed by atoms with van der Waals surface area (Å²) in [6, 6.07) is 8.15. The minimum absolute atomic E-state index is 0.175. The van der Waals surface area contributed by atoms with E-state index in [1.165, 1.54) is 18.4 Å². The smallest absolute Gasteiger partial charge is 0.191 e. The molecule has 0 saturated heterocycles. The maximum absolute atomic E-state index is 10.2. The fraction of sp³-hybridized carbons (Fsp3) is 0.611. The SMILES string of the molecule is CCNC(=NCC1(O)CCC1)NCC1(c2cccc(Cl)c2)CC1. The van der Waals surface area contributed by atoms with Crippen LogP contribution in [0.5, 0.6) is 0 Å². The Kier molecular flexibility index (Phi) is 4.83. The minimum Gasteiger partial charge on any atom is -0.388 e. The summed E-state index contributed by atoms with van der Waals surface area (Å²) in [5, 5.41) is 17.7. The van der Waals surface area contributed by atoms with Crippen LogP contribution < -0.4 is 10.6 Å². The van der Waals surface area contributed by atoms with E-state index in [2.05, 4.69) is 34.7 Å². The molecule has 0 bridgehead atoms. The van der Waals surface area contributed by atoms with Crippen LogP contribution in [0.1, 0.15) is 44.6 Å². The van der Waals surface area contributed by atoms with E-state index in [1.807, 2.05) is 12.1 Å². The maximum atomic E-state index is 10.2. The van der Waals surface area contributed by atoms with Crippen molar-refractivity contribution in [1.82, 2.24) is 10.6 Å². The molecule has 0 atom stereocenters. The highest BCUT2D eigenvalue weighted by atomic mass is 35.5. The van der Waals surface area contributed by atoms with Crippen molar-refractivity contribution in [3.63, 3.8) is 0 Å². The summed E-state index contributed by atoms with van der Waals surface area (Å²) in [4.78, 5) is 4.57. The lowest BCUT2D eigenvalue weighted by atomic mass is 9.80. The van der Waals surface area contributed by atoms with Crippen molar-refractivity contribution in [3.05, 3.63) is 34.9 Å². The number of benzene rings is 1. The number of hydrogen-bond acceptors (Lipinski definition) is 2. The number of nitrogens with one attached hydrogen (secondary N) is 2. The van der Waals surface area contributed by atoms with Gasteiger partial charge in [0, 0.05) is 23.5 Å². The molecule has 0 spiro atoms. The lowest BCUT2D eigenvalue weighted by molar-refractivity contribution is -0.0236. The molecule has 2 saturated carbocycles. The van der Waals surface area contributed by atoms with Crippen molar-refractivity contribution < 1.29 is 5.11 Å². The van der Waals surface area contributed by atoms with Gasteiger partial charge in [-0.1, -0.05) is 23.7 Å². The summed E-state index contributed by atoms with van der Waals surface area (Å²) in [6.45, 7) is 4.19. The minimum atomic E-state index is -0.577. The Balaban J connectivity index is 1.61. The van der Waals surface area contributed by atoms with Crippen molar-refractivity contribution in [3.8, 4) is 0 Å². The molecule has 2 fully saturated rings. The van der Waals surface area contributed by atoms with Gasteiger partial charge in [-0.3, -0.25) is 4.99 Å². The van der Waals surface area contributed by atoms with E-state index in [0.717, 1.165) is 43.3 Å².